The molecule has 1 aliphatic carbocycles. The molecule has 0 aromatic heterocycles. The molecule has 2 aliphatic heterocycles. The maximum absolute atomic E-state index is 13.6. The lowest BCUT2D eigenvalue weighted by Gasteiger charge is -2.40. The van der Waals surface area contributed by atoms with Crippen molar-refractivity contribution in [3.63, 3.8) is 0 Å². The summed E-state index contributed by atoms with van der Waals surface area (Å²) in [6.07, 6.45) is 8.29. The van der Waals surface area contributed by atoms with E-state index in [1.165, 1.54) is 29.5 Å². The molecule has 3 aliphatic rings. The molecule has 0 spiro atoms. The average molecular weight is 482 g/mol. The number of hydrogen-bond donors (Lipinski definition) is 0. The third-order valence-electron chi connectivity index (χ3n) is 7.80. The predicted octanol–water partition coefficient (Wildman–Crippen LogP) is 6.27. The van der Waals surface area contributed by atoms with Gasteiger partial charge in [0.25, 0.3) is 5.91 Å². The summed E-state index contributed by atoms with van der Waals surface area (Å²) in [7, 11) is 1.75. The molecule has 1 saturated heterocycles. The Morgan fingerprint density at radius 3 is 2.53 bits per heavy atom. The number of amides is 1. The molecule has 1 saturated carbocycles. The maximum Gasteiger partial charge on any atom is 0.254 e. The van der Waals surface area contributed by atoms with Crippen LogP contribution in [0.2, 0.25) is 0 Å². The van der Waals surface area contributed by atoms with Crippen LogP contribution in [0, 0.1) is 18.3 Å². The second-order valence-corrected chi connectivity index (χ2v) is 10.6. The number of nitriles is 1. The van der Waals surface area contributed by atoms with Crippen LogP contribution in [-0.4, -0.2) is 42.8 Å². The molecule has 5 nitrogen and oxygen atoms in total. The summed E-state index contributed by atoms with van der Waals surface area (Å²) in [5.41, 5.74) is 7.42. The summed E-state index contributed by atoms with van der Waals surface area (Å²) in [5.74, 6) is 2.08. The molecule has 0 radical (unpaired) electrons. The highest BCUT2D eigenvalue weighted by molar-refractivity contribution is 6.05. The third-order valence-corrected chi connectivity index (χ3v) is 7.80. The minimum atomic E-state index is 0.112. The molecule has 0 bridgehead atoms. The van der Waals surface area contributed by atoms with Crippen molar-refractivity contribution in [2.75, 3.05) is 20.2 Å². The van der Waals surface area contributed by atoms with Gasteiger partial charge >= 0.3 is 0 Å². The number of methoxy groups -OCH3 is 1. The maximum atomic E-state index is 13.6. The van der Waals surface area contributed by atoms with E-state index in [2.05, 4.69) is 38.1 Å². The summed E-state index contributed by atoms with van der Waals surface area (Å²) < 4.78 is 5.55. The first-order chi connectivity index (χ1) is 17.5. The first kappa shape index (κ1) is 24.3. The monoisotopic (exact) mass is 481 g/mol. The number of carbonyl (C=O) groups is 1. The Morgan fingerprint density at radius 1 is 1.11 bits per heavy atom. The van der Waals surface area contributed by atoms with Crippen molar-refractivity contribution in [3.8, 4) is 6.07 Å². The Kier molecular flexibility index (Phi) is 6.96. The second-order valence-electron chi connectivity index (χ2n) is 10.6. The smallest absolute Gasteiger partial charge is 0.254 e. The van der Waals surface area contributed by atoms with Gasteiger partial charge in [0.1, 0.15) is 0 Å². The fourth-order valence-corrected chi connectivity index (χ4v) is 5.41. The molecule has 2 aromatic rings. The van der Waals surface area contributed by atoms with Crippen LogP contribution >= 0.6 is 0 Å². The van der Waals surface area contributed by atoms with E-state index in [1.54, 1.807) is 7.11 Å². The summed E-state index contributed by atoms with van der Waals surface area (Å²) in [6.45, 7) is 5.67. The molecule has 1 atom stereocenters. The number of allylic oxidation sites excluding steroid dienone is 1. The van der Waals surface area contributed by atoms with Crippen molar-refractivity contribution >= 4 is 11.6 Å². The van der Waals surface area contributed by atoms with Crippen molar-refractivity contribution in [1.29, 1.82) is 5.26 Å². The first-order valence-corrected chi connectivity index (χ1v) is 13.2. The molecule has 36 heavy (non-hydrogen) atoms. The quantitative estimate of drug-likeness (QED) is 0.506. The molecular weight excluding hydrogens is 446 g/mol. The SMILES string of the molecule is COC1=CCC(C)N=C(c2cc(C(=O)N3CC(c4ccc(C#N)cc4)C3)c(C)cc2C2CC2)CCC1. The molecule has 2 fully saturated rings. The van der Waals surface area contributed by atoms with Crippen LogP contribution < -0.4 is 0 Å². The van der Waals surface area contributed by atoms with E-state index in [1.807, 2.05) is 29.2 Å². The highest BCUT2D eigenvalue weighted by Crippen LogP contribution is 2.43. The third kappa shape index (κ3) is 5.09. The number of rotatable bonds is 5. The number of nitrogens with zero attached hydrogens (tertiary/aromatic N) is 3. The molecule has 0 N–H and O–H groups in total. The van der Waals surface area contributed by atoms with Crippen LogP contribution in [0.4, 0.5) is 0 Å². The standard InChI is InChI=1S/C31H35N3O2/c1-20-15-28(24-12-13-24)29(30-6-4-5-26(36-3)14-7-21(2)33-30)16-27(20)31(35)34-18-25(19-34)23-10-8-22(17-32)9-11-23/h8-11,14-16,21,24-25H,4-7,12-13,18-19H2,1-3H3. The summed E-state index contributed by atoms with van der Waals surface area (Å²) in [4.78, 5) is 20.7. The second kappa shape index (κ2) is 10.3. The lowest BCUT2D eigenvalue weighted by atomic mass is 9.88. The number of aliphatic imine (C=N–C) groups is 1. The number of hydrogen-bond acceptors (Lipinski definition) is 4. The topological polar surface area (TPSA) is 65.7 Å². The highest BCUT2D eigenvalue weighted by atomic mass is 16.5. The van der Waals surface area contributed by atoms with Gasteiger partial charge in [0.15, 0.2) is 0 Å². The van der Waals surface area contributed by atoms with Gasteiger partial charge in [-0.25, -0.2) is 0 Å². The zero-order valence-electron chi connectivity index (χ0n) is 21.6. The zero-order valence-corrected chi connectivity index (χ0v) is 21.6. The fraction of sp³-hybridized carbons (Fsp3) is 0.452. The minimum Gasteiger partial charge on any atom is -0.501 e. The lowest BCUT2D eigenvalue weighted by Crippen LogP contribution is -2.48. The number of ether oxygens (including phenoxy) is 1. The molecule has 5 heteroatoms. The Bertz CT molecular complexity index is 1240. The zero-order chi connectivity index (χ0) is 25.2. The van der Waals surface area contributed by atoms with Crippen LogP contribution in [0.25, 0.3) is 0 Å². The van der Waals surface area contributed by atoms with Gasteiger partial charge in [-0.2, -0.15) is 5.26 Å². The van der Waals surface area contributed by atoms with Crippen molar-refractivity contribution in [3.05, 3.63) is 81.6 Å². The molecule has 1 unspecified atom stereocenters. The number of benzene rings is 2. The van der Waals surface area contributed by atoms with Crippen LogP contribution in [0.5, 0.6) is 0 Å². The number of aryl methyl sites for hydroxylation is 1. The van der Waals surface area contributed by atoms with E-state index in [-0.39, 0.29) is 11.9 Å². The Hall–Kier alpha value is -3.39. The Morgan fingerprint density at radius 2 is 1.86 bits per heavy atom. The fourth-order valence-electron chi connectivity index (χ4n) is 5.41. The van der Waals surface area contributed by atoms with E-state index in [9.17, 15) is 4.79 Å². The molecule has 1 amide bonds. The number of likely N-dealkylation sites (tertiary alicyclic amines) is 1. The van der Waals surface area contributed by atoms with E-state index in [0.717, 1.165) is 48.3 Å². The van der Waals surface area contributed by atoms with Crippen LogP contribution in [0.1, 0.15) is 95.5 Å². The molecule has 2 aromatic carbocycles. The predicted molar refractivity (Wildman–Crippen MR) is 143 cm³/mol. The molecule has 5 rings (SSSR count). The lowest BCUT2D eigenvalue weighted by molar-refractivity contribution is 0.0601. The van der Waals surface area contributed by atoms with E-state index in [0.29, 0.717) is 30.5 Å². The Labute approximate surface area is 214 Å². The molecular formula is C31H35N3O2. The normalized spacial score (nSPS) is 20.7. The van der Waals surface area contributed by atoms with Gasteiger partial charge in [0, 0.05) is 36.7 Å². The van der Waals surface area contributed by atoms with Gasteiger partial charge in [0.05, 0.1) is 30.5 Å². The van der Waals surface area contributed by atoms with Crippen LogP contribution in [-0.2, 0) is 4.74 Å². The Balaban J connectivity index is 1.38. The largest absolute Gasteiger partial charge is 0.501 e. The van der Waals surface area contributed by atoms with Crippen LogP contribution in [0.3, 0.4) is 0 Å². The van der Waals surface area contributed by atoms with Crippen molar-refractivity contribution in [2.24, 2.45) is 4.99 Å². The van der Waals surface area contributed by atoms with Gasteiger partial charge in [-0.1, -0.05) is 18.2 Å². The van der Waals surface area contributed by atoms with Gasteiger partial charge in [-0.15, -0.1) is 0 Å². The summed E-state index contributed by atoms with van der Waals surface area (Å²) in [6, 6.07) is 14.5. The minimum absolute atomic E-state index is 0.112. The van der Waals surface area contributed by atoms with Gasteiger partial charge in [0.2, 0.25) is 0 Å². The van der Waals surface area contributed by atoms with Crippen molar-refractivity contribution in [2.45, 2.75) is 70.3 Å². The van der Waals surface area contributed by atoms with Gasteiger partial charge in [-0.3, -0.25) is 9.79 Å². The van der Waals surface area contributed by atoms with E-state index >= 15 is 0 Å². The van der Waals surface area contributed by atoms with Crippen molar-refractivity contribution in [1.82, 2.24) is 4.90 Å². The van der Waals surface area contributed by atoms with Gasteiger partial charge in [-0.05, 0) is 98.4 Å². The first-order valence-electron chi connectivity index (χ1n) is 13.2. The highest BCUT2D eigenvalue weighted by Gasteiger charge is 2.34. The summed E-state index contributed by atoms with van der Waals surface area (Å²) >= 11 is 0. The average Bonchev–Trinajstić information content (AvgIpc) is 3.69. The van der Waals surface area contributed by atoms with Gasteiger partial charge < -0.3 is 9.64 Å². The summed E-state index contributed by atoms with van der Waals surface area (Å²) in [5, 5.41) is 9.04. The molecule has 186 valence electrons. The molecule has 2 heterocycles. The van der Waals surface area contributed by atoms with E-state index < -0.39 is 0 Å². The van der Waals surface area contributed by atoms with Crippen molar-refractivity contribution < 1.29 is 9.53 Å². The van der Waals surface area contributed by atoms with Crippen LogP contribution in [0.15, 0.2) is 53.2 Å². The number of carbonyl (C=O) groups excluding carboxylic acids is 1. The van der Waals surface area contributed by atoms with E-state index in [4.69, 9.17) is 15.0 Å².